The zero-order chi connectivity index (χ0) is 19.6. The van der Waals surface area contributed by atoms with E-state index in [4.69, 9.17) is 4.98 Å². The van der Waals surface area contributed by atoms with Gasteiger partial charge in [-0.2, -0.15) is 0 Å². The summed E-state index contributed by atoms with van der Waals surface area (Å²) in [5.74, 6) is 2.14. The van der Waals surface area contributed by atoms with Crippen molar-refractivity contribution in [2.45, 2.75) is 23.2 Å². The van der Waals surface area contributed by atoms with Crippen LogP contribution in [0.5, 0.6) is 0 Å². The fourth-order valence-corrected chi connectivity index (χ4v) is 4.69. The van der Waals surface area contributed by atoms with Gasteiger partial charge in [-0.3, -0.25) is 10.2 Å². The number of carbonyl (C=O) groups is 1. The highest BCUT2D eigenvalue weighted by Crippen LogP contribution is 2.40. The van der Waals surface area contributed by atoms with Gasteiger partial charge in [0.2, 0.25) is 0 Å². The Kier molecular flexibility index (Phi) is 4.81. The molecule has 146 valence electrons. The van der Waals surface area contributed by atoms with Crippen LogP contribution in [0.2, 0.25) is 0 Å². The molecule has 0 unspecified atom stereocenters. The molecule has 29 heavy (non-hydrogen) atoms. The minimum absolute atomic E-state index is 0.132. The number of fused-ring (bicyclic) bond motifs is 4. The molecular weight excluding hydrogens is 382 g/mol. The number of aromatic nitrogens is 2. The molecule has 1 saturated heterocycles. The van der Waals surface area contributed by atoms with E-state index in [1.807, 2.05) is 35.2 Å². The number of nitrogens with zero attached hydrogens (tertiary/aromatic N) is 4. The Morgan fingerprint density at radius 1 is 1.10 bits per heavy atom. The van der Waals surface area contributed by atoms with Crippen LogP contribution in [0.25, 0.3) is 0 Å². The minimum Gasteiger partial charge on any atom is -0.366 e. The lowest BCUT2D eigenvalue weighted by atomic mass is 10.2. The first-order valence-electron chi connectivity index (χ1n) is 9.72. The molecule has 2 amide bonds. The second-order valence-electron chi connectivity index (χ2n) is 7.17. The van der Waals surface area contributed by atoms with Gasteiger partial charge in [-0.1, -0.05) is 36.4 Å². The van der Waals surface area contributed by atoms with Crippen molar-refractivity contribution in [1.29, 1.82) is 0 Å². The van der Waals surface area contributed by atoms with Gasteiger partial charge in [0.25, 0.3) is 0 Å². The number of hydrogen-bond donors (Lipinski definition) is 1. The number of rotatable bonds is 4. The van der Waals surface area contributed by atoms with Crippen LogP contribution in [0.1, 0.15) is 12.0 Å². The van der Waals surface area contributed by atoms with E-state index >= 15 is 0 Å². The maximum absolute atomic E-state index is 13.1. The van der Waals surface area contributed by atoms with E-state index in [0.29, 0.717) is 5.82 Å². The van der Waals surface area contributed by atoms with Crippen LogP contribution in [0.3, 0.4) is 0 Å². The lowest BCUT2D eigenvalue weighted by Crippen LogP contribution is -2.48. The van der Waals surface area contributed by atoms with Crippen LogP contribution in [0, 0.1) is 0 Å². The van der Waals surface area contributed by atoms with Crippen LogP contribution >= 0.6 is 11.8 Å². The van der Waals surface area contributed by atoms with Gasteiger partial charge >= 0.3 is 6.03 Å². The number of thioether (sulfide) groups is 1. The van der Waals surface area contributed by atoms with Crippen molar-refractivity contribution >= 4 is 35.1 Å². The van der Waals surface area contributed by atoms with E-state index in [9.17, 15) is 4.79 Å². The highest BCUT2D eigenvalue weighted by atomic mass is 32.2. The number of anilines is 3. The topological polar surface area (TPSA) is 61.4 Å². The van der Waals surface area contributed by atoms with Crippen molar-refractivity contribution in [3.63, 3.8) is 0 Å². The number of nitrogens with one attached hydrogen (secondary N) is 1. The molecule has 0 aliphatic carbocycles. The molecule has 2 bridgehead atoms. The second-order valence-corrected chi connectivity index (χ2v) is 8.17. The predicted octanol–water partition coefficient (Wildman–Crippen LogP) is 4.40. The maximum Gasteiger partial charge on any atom is 0.329 e. The molecule has 2 aromatic heterocycles. The number of urea groups is 1. The molecular formula is C22H21N5OS. The molecule has 0 radical (unpaired) electrons. The van der Waals surface area contributed by atoms with Crippen molar-refractivity contribution < 1.29 is 4.79 Å². The number of carbonyl (C=O) groups excluding carboxylic acids is 1. The molecule has 0 saturated carbocycles. The Morgan fingerprint density at radius 2 is 1.97 bits per heavy atom. The Balaban J connectivity index is 1.41. The lowest BCUT2D eigenvalue weighted by molar-refractivity contribution is 0.254. The van der Waals surface area contributed by atoms with Gasteiger partial charge in [0.05, 0.1) is 16.8 Å². The summed E-state index contributed by atoms with van der Waals surface area (Å²) in [4.78, 5) is 26.4. The predicted molar refractivity (Wildman–Crippen MR) is 117 cm³/mol. The molecule has 1 atom stereocenters. The van der Waals surface area contributed by atoms with Gasteiger partial charge in [-0.15, -0.1) is 11.8 Å². The largest absolute Gasteiger partial charge is 0.366 e. The summed E-state index contributed by atoms with van der Waals surface area (Å²) in [5, 5.41) is 3.85. The molecule has 2 aliphatic rings. The number of pyridine rings is 2. The van der Waals surface area contributed by atoms with Crippen molar-refractivity contribution in [1.82, 2.24) is 9.97 Å². The van der Waals surface area contributed by atoms with E-state index < -0.39 is 0 Å². The second kappa shape index (κ2) is 7.75. The average Bonchev–Trinajstić information content (AvgIpc) is 3.18. The van der Waals surface area contributed by atoms with E-state index in [1.165, 1.54) is 5.56 Å². The van der Waals surface area contributed by atoms with Gasteiger partial charge in [0.15, 0.2) is 5.82 Å². The van der Waals surface area contributed by atoms with Crippen LogP contribution in [0.15, 0.2) is 71.9 Å². The van der Waals surface area contributed by atoms with Gasteiger partial charge in [0, 0.05) is 25.0 Å². The molecule has 0 spiro atoms. The molecule has 1 aromatic carbocycles. The number of amides is 2. The molecule has 5 rings (SSSR count). The first kappa shape index (κ1) is 18.0. The Morgan fingerprint density at radius 3 is 2.79 bits per heavy atom. The highest BCUT2D eigenvalue weighted by Gasteiger charge is 2.40. The minimum atomic E-state index is -0.172. The molecule has 4 heterocycles. The fourth-order valence-electron chi connectivity index (χ4n) is 3.87. The van der Waals surface area contributed by atoms with Gasteiger partial charge in [-0.05, 0) is 36.2 Å². The lowest BCUT2D eigenvalue weighted by Gasteiger charge is -2.35. The summed E-state index contributed by atoms with van der Waals surface area (Å²) in [6.45, 7) is 1.80. The van der Waals surface area contributed by atoms with Crippen molar-refractivity contribution in [3.8, 4) is 0 Å². The van der Waals surface area contributed by atoms with E-state index in [2.05, 4.69) is 39.5 Å². The molecule has 1 N–H and O–H groups in total. The third-order valence-corrected chi connectivity index (χ3v) is 6.28. The third kappa shape index (κ3) is 3.65. The van der Waals surface area contributed by atoms with Crippen molar-refractivity contribution in [2.75, 3.05) is 28.2 Å². The monoisotopic (exact) mass is 403 g/mol. The normalized spacial score (nSPS) is 17.2. The van der Waals surface area contributed by atoms with Crippen LogP contribution in [-0.2, 0) is 5.75 Å². The Hall–Kier alpha value is -3.06. The summed E-state index contributed by atoms with van der Waals surface area (Å²) >= 11 is 1.69. The first-order chi connectivity index (χ1) is 14.3. The molecule has 1 fully saturated rings. The summed E-state index contributed by atoms with van der Waals surface area (Å²) < 4.78 is 0. The SMILES string of the molecule is O=C(Nc1ccccn1)N1c2nc(SCc3ccccc3)ccc2N2CC[C@H]1C2. The van der Waals surface area contributed by atoms with Crippen LogP contribution in [-0.4, -0.2) is 35.1 Å². The first-order valence-corrected chi connectivity index (χ1v) is 10.7. The number of hydrogen-bond acceptors (Lipinski definition) is 5. The zero-order valence-corrected chi connectivity index (χ0v) is 16.7. The van der Waals surface area contributed by atoms with E-state index in [-0.39, 0.29) is 12.1 Å². The van der Waals surface area contributed by atoms with E-state index in [1.54, 1.807) is 24.0 Å². The average molecular weight is 404 g/mol. The maximum atomic E-state index is 13.1. The smallest absolute Gasteiger partial charge is 0.329 e. The molecule has 7 heteroatoms. The Bertz CT molecular complexity index is 1010. The van der Waals surface area contributed by atoms with Crippen molar-refractivity contribution in [2.24, 2.45) is 0 Å². The van der Waals surface area contributed by atoms with Crippen LogP contribution < -0.4 is 15.1 Å². The Labute approximate surface area is 174 Å². The van der Waals surface area contributed by atoms with Crippen molar-refractivity contribution in [3.05, 3.63) is 72.4 Å². The fraction of sp³-hybridized carbons (Fsp3) is 0.227. The summed E-state index contributed by atoms with van der Waals surface area (Å²) in [6.07, 6.45) is 2.62. The third-order valence-electron chi connectivity index (χ3n) is 5.27. The molecule has 3 aromatic rings. The number of benzene rings is 1. The van der Waals surface area contributed by atoms with E-state index in [0.717, 1.165) is 41.8 Å². The summed E-state index contributed by atoms with van der Waals surface area (Å²) in [6, 6.07) is 19.9. The quantitative estimate of drug-likeness (QED) is 0.654. The summed E-state index contributed by atoms with van der Waals surface area (Å²) in [7, 11) is 0. The summed E-state index contributed by atoms with van der Waals surface area (Å²) in [5.41, 5.74) is 2.28. The standard InChI is InChI=1S/C22H21N5OS/c28-22(24-19-8-4-5-12-23-19)27-17-11-13-26(14-17)18-9-10-20(25-21(18)27)29-15-16-6-2-1-3-7-16/h1-10,12,17H,11,13-15H2,(H,23,24,28)/t17-/m0/s1. The molecule has 2 aliphatic heterocycles. The van der Waals surface area contributed by atoms with Gasteiger partial charge in [-0.25, -0.2) is 14.8 Å². The van der Waals surface area contributed by atoms with Gasteiger partial charge in [0.1, 0.15) is 5.82 Å². The molecule has 6 nitrogen and oxygen atoms in total. The highest BCUT2D eigenvalue weighted by molar-refractivity contribution is 7.98. The van der Waals surface area contributed by atoms with Crippen LogP contribution in [0.4, 0.5) is 22.1 Å². The van der Waals surface area contributed by atoms with Gasteiger partial charge < -0.3 is 4.90 Å². The zero-order valence-electron chi connectivity index (χ0n) is 15.9.